The molecule has 0 aliphatic heterocycles. The molecule has 0 N–H and O–H groups in total. The van der Waals surface area contributed by atoms with Gasteiger partial charge in [-0.3, -0.25) is 10.1 Å². The molecule has 0 saturated heterocycles. The molecule has 1 aromatic carbocycles. The summed E-state index contributed by atoms with van der Waals surface area (Å²) < 4.78 is 5.68. The van der Waals surface area contributed by atoms with Crippen LogP contribution in [0.25, 0.3) is 0 Å². The second-order valence-corrected chi connectivity index (χ2v) is 4.33. The molecule has 18 heavy (non-hydrogen) atoms. The van der Waals surface area contributed by atoms with E-state index in [4.69, 9.17) is 4.74 Å². The molecule has 0 radical (unpaired) electrons. The van der Waals surface area contributed by atoms with Gasteiger partial charge in [0.25, 0.3) is 0 Å². The van der Waals surface area contributed by atoms with Gasteiger partial charge in [-0.25, -0.2) is 0 Å². The van der Waals surface area contributed by atoms with Gasteiger partial charge >= 0.3 is 0 Å². The van der Waals surface area contributed by atoms with Gasteiger partial charge in [-0.1, -0.05) is 30.3 Å². The number of hydrogen-bond donors (Lipinski definition) is 0. The molecule has 0 heterocycles. The standard InChI is InChI=1S/C14H15NO3/c1-11-9-13(15(16)17)7-8-14(11)18-10-12-5-3-2-4-6-12/h2-8,13H,9-10H2,1H3. The van der Waals surface area contributed by atoms with E-state index in [1.807, 2.05) is 37.3 Å². The molecule has 1 aliphatic carbocycles. The third-order valence-corrected chi connectivity index (χ3v) is 2.91. The van der Waals surface area contributed by atoms with Crippen LogP contribution in [0, 0.1) is 10.1 Å². The zero-order valence-corrected chi connectivity index (χ0v) is 10.2. The Morgan fingerprint density at radius 3 is 2.72 bits per heavy atom. The normalized spacial score (nSPS) is 18.8. The van der Waals surface area contributed by atoms with E-state index in [-0.39, 0.29) is 4.92 Å². The molecule has 0 aromatic heterocycles. The highest BCUT2D eigenvalue weighted by molar-refractivity contribution is 5.26. The number of hydrogen-bond acceptors (Lipinski definition) is 3. The summed E-state index contributed by atoms with van der Waals surface area (Å²) in [5, 5.41) is 10.7. The summed E-state index contributed by atoms with van der Waals surface area (Å²) in [6.07, 6.45) is 3.72. The van der Waals surface area contributed by atoms with Crippen LogP contribution >= 0.6 is 0 Å². The van der Waals surface area contributed by atoms with Crippen LogP contribution in [0.4, 0.5) is 0 Å². The highest BCUT2D eigenvalue weighted by Crippen LogP contribution is 2.22. The lowest BCUT2D eigenvalue weighted by atomic mass is 10.0. The summed E-state index contributed by atoms with van der Waals surface area (Å²) in [6.45, 7) is 2.36. The first-order valence-corrected chi connectivity index (χ1v) is 5.85. The van der Waals surface area contributed by atoms with Crippen molar-refractivity contribution in [3.8, 4) is 0 Å². The average Bonchev–Trinajstić information content (AvgIpc) is 2.38. The molecule has 2 rings (SSSR count). The molecule has 1 unspecified atom stereocenters. The van der Waals surface area contributed by atoms with Crippen molar-refractivity contribution in [3.63, 3.8) is 0 Å². The molecular formula is C14H15NO3. The van der Waals surface area contributed by atoms with Gasteiger partial charge in [0.2, 0.25) is 6.04 Å². The van der Waals surface area contributed by atoms with E-state index < -0.39 is 6.04 Å². The summed E-state index contributed by atoms with van der Waals surface area (Å²) in [7, 11) is 0. The second kappa shape index (κ2) is 5.49. The Morgan fingerprint density at radius 2 is 2.11 bits per heavy atom. The summed E-state index contributed by atoms with van der Waals surface area (Å²) in [4.78, 5) is 10.4. The molecule has 0 fully saturated rings. The van der Waals surface area contributed by atoms with Crippen LogP contribution in [0.1, 0.15) is 18.9 Å². The molecule has 94 valence electrons. The summed E-state index contributed by atoms with van der Waals surface area (Å²) >= 11 is 0. The largest absolute Gasteiger partial charge is 0.489 e. The van der Waals surface area contributed by atoms with E-state index in [0.29, 0.717) is 13.0 Å². The van der Waals surface area contributed by atoms with Crippen LogP contribution in [0.5, 0.6) is 0 Å². The molecule has 0 amide bonds. The monoisotopic (exact) mass is 245 g/mol. The van der Waals surface area contributed by atoms with Gasteiger partial charge in [-0.05, 0) is 30.2 Å². The Kier molecular flexibility index (Phi) is 3.77. The maximum absolute atomic E-state index is 10.7. The zero-order valence-electron chi connectivity index (χ0n) is 10.2. The van der Waals surface area contributed by atoms with Crippen LogP contribution in [0.3, 0.4) is 0 Å². The fraction of sp³-hybridized carbons (Fsp3) is 0.286. The summed E-state index contributed by atoms with van der Waals surface area (Å²) in [6, 6.07) is 9.23. The summed E-state index contributed by atoms with van der Waals surface area (Å²) in [5.74, 6) is 0.747. The zero-order chi connectivity index (χ0) is 13.0. The van der Waals surface area contributed by atoms with Gasteiger partial charge in [0, 0.05) is 11.3 Å². The Morgan fingerprint density at radius 1 is 1.39 bits per heavy atom. The van der Waals surface area contributed by atoms with Crippen molar-refractivity contribution >= 4 is 0 Å². The first-order chi connectivity index (χ1) is 8.66. The second-order valence-electron chi connectivity index (χ2n) is 4.33. The number of ether oxygens (including phenoxy) is 1. The van der Waals surface area contributed by atoms with E-state index in [1.54, 1.807) is 12.2 Å². The van der Waals surface area contributed by atoms with E-state index in [2.05, 4.69) is 0 Å². The highest BCUT2D eigenvalue weighted by atomic mass is 16.6. The molecule has 4 nitrogen and oxygen atoms in total. The first kappa shape index (κ1) is 12.4. The number of benzene rings is 1. The first-order valence-electron chi connectivity index (χ1n) is 5.85. The number of nitrogens with zero attached hydrogens (tertiary/aromatic N) is 1. The molecule has 0 saturated carbocycles. The molecule has 0 spiro atoms. The van der Waals surface area contributed by atoms with Crippen molar-refractivity contribution < 1.29 is 9.66 Å². The predicted octanol–water partition coefficient (Wildman–Crippen LogP) is 3.08. The Hall–Kier alpha value is -2.10. The Balaban J connectivity index is 1.97. The highest BCUT2D eigenvalue weighted by Gasteiger charge is 2.22. The fourth-order valence-electron chi connectivity index (χ4n) is 1.87. The van der Waals surface area contributed by atoms with Crippen LogP contribution in [-0.2, 0) is 11.3 Å². The van der Waals surface area contributed by atoms with Crippen LogP contribution < -0.4 is 0 Å². The summed E-state index contributed by atoms with van der Waals surface area (Å²) in [5.41, 5.74) is 2.01. The van der Waals surface area contributed by atoms with Crippen molar-refractivity contribution in [3.05, 3.63) is 69.5 Å². The van der Waals surface area contributed by atoms with Crippen molar-refractivity contribution in [1.82, 2.24) is 0 Å². The SMILES string of the molecule is CC1=C(OCc2ccccc2)C=CC([N+](=O)[O-])C1. The predicted molar refractivity (Wildman–Crippen MR) is 68.5 cm³/mol. The molecule has 1 atom stereocenters. The maximum Gasteiger partial charge on any atom is 0.235 e. The van der Waals surface area contributed by atoms with Gasteiger partial charge < -0.3 is 4.74 Å². The Labute approximate surface area is 106 Å². The molecule has 1 aromatic rings. The third-order valence-electron chi connectivity index (χ3n) is 2.91. The minimum absolute atomic E-state index is 0.270. The average molecular weight is 245 g/mol. The topological polar surface area (TPSA) is 52.4 Å². The molecule has 1 aliphatic rings. The number of rotatable bonds is 4. The van der Waals surface area contributed by atoms with Gasteiger partial charge in [0.15, 0.2) is 0 Å². The van der Waals surface area contributed by atoms with Crippen molar-refractivity contribution in [2.24, 2.45) is 0 Å². The van der Waals surface area contributed by atoms with Crippen molar-refractivity contribution in [2.45, 2.75) is 26.0 Å². The van der Waals surface area contributed by atoms with Gasteiger partial charge in [0.05, 0.1) is 0 Å². The molecule has 0 bridgehead atoms. The fourth-order valence-corrected chi connectivity index (χ4v) is 1.87. The minimum Gasteiger partial charge on any atom is -0.489 e. The minimum atomic E-state index is -0.617. The van der Waals surface area contributed by atoms with Crippen molar-refractivity contribution in [2.75, 3.05) is 0 Å². The van der Waals surface area contributed by atoms with Gasteiger partial charge in [-0.15, -0.1) is 0 Å². The lowest BCUT2D eigenvalue weighted by Gasteiger charge is -2.16. The lowest BCUT2D eigenvalue weighted by Crippen LogP contribution is -2.20. The lowest BCUT2D eigenvalue weighted by molar-refractivity contribution is -0.509. The van der Waals surface area contributed by atoms with E-state index >= 15 is 0 Å². The van der Waals surface area contributed by atoms with E-state index in [9.17, 15) is 10.1 Å². The van der Waals surface area contributed by atoms with Gasteiger partial charge in [-0.2, -0.15) is 0 Å². The van der Waals surface area contributed by atoms with E-state index in [1.165, 1.54) is 0 Å². The molecule has 4 heteroatoms. The van der Waals surface area contributed by atoms with Crippen LogP contribution in [0.15, 0.2) is 53.8 Å². The number of nitro groups is 1. The van der Waals surface area contributed by atoms with Crippen LogP contribution in [-0.4, -0.2) is 11.0 Å². The smallest absolute Gasteiger partial charge is 0.235 e. The van der Waals surface area contributed by atoms with Crippen LogP contribution in [0.2, 0.25) is 0 Å². The van der Waals surface area contributed by atoms with Gasteiger partial charge in [0.1, 0.15) is 12.4 Å². The van der Waals surface area contributed by atoms with E-state index in [0.717, 1.165) is 16.9 Å². The number of allylic oxidation sites excluding steroid dienone is 1. The molecular weight excluding hydrogens is 230 g/mol. The quantitative estimate of drug-likeness (QED) is 0.605. The maximum atomic E-state index is 10.7. The Bertz CT molecular complexity index is 491. The van der Waals surface area contributed by atoms with Crippen molar-refractivity contribution in [1.29, 1.82) is 0 Å². The third kappa shape index (κ3) is 2.97.